The average Bonchev–Trinajstić information content (AvgIpc) is 2.80. The molecule has 0 aromatic heterocycles. The SMILES string of the molecule is CCCNC(CN1CCC(C)C1)c1c(C)cc(C)cc1C. The van der Waals surface area contributed by atoms with Gasteiger partial charge in [-0.15, -0.1) is 0 Å². The summed E-state index contributed by atoms with van der Waals surface area (Å²) in [7, 11) is 0. The van der Waals surface area contributed by atoms with Gasteiger partial charge in [0.25, 0.3) is 0 Å². The molecule has 0 spiro atoms. The maximum Gasteiger partial charge on any atom is 0.0454 e. The van der Waals surface area contributed by atoms with Crippen molar-refractivity contribution in [3.63, 3.8) is 0 Å². The number of hydrogen-bond acceptors (Lipinski definition) is 2. The number of hydrogen-bond donors (Lipinski definition) is 1. The molecule has 0 aliphatic carbocycles. The fourth-order valence-corrected chi connectivity index (χ4v) is 3.77. The summed E-state index contributed by atoms with van der Waals surface area (Å²) in [6.07, 6.45) is 2.54. The minimum atomic E-state index is 0.468. The first-order valence-electron chi connectivity index (χ1n) is 8.54. The van der Waals surface area contributed by atoms with Crippen molar-refractivity contribution in [2.75, 3.05) is 26.2 Å². The van der Waals surface area contributed by atoms with E-state index >= 15 is 0 Å². The molecule has 0 bridgehead atoms. The van der Waals surface area contributed by atoms with Crippen LogP contribution in [0, 0.1) is 26.7 Å². The molecule has 1 heterocycles. The second-order valence-electron chi connectivity index (χ2n) is 6.97. The van der Waals surface area contributed by atoms with Gasteiger partial charge in [-0.3, -0.25) is 0 Å². The number of nitrogens with zero attached hydrogens (tertiary/aromatic N) is 1. The largest absolute Gasteiger partial charge is 0.309 e. The molecule has 118 valence electrons. The van der Waals surface area contributed by atoms with E-state index in [1.807, 2.05) is 0 Å². The Hall–Kier alpha value is -0.860. The molecule has 2 rings (SSSR count). The van der Waals surface area contributed by atoms with Gasteiger partial charge in [0.15, 0.2) is 0 Å². The van der Waals surface area contributed by atoms with Gasteiger partial charge in [-0.05, 0) is 69.3 Å². The lowest BCUT2D eigenvalue weighted by atomic mass is 9.93. The molecule has 2 heteroatoms. The minimum Gasteiger partial charge on any atom is -0.309 e. The molecule has 1 fully saturated rings. The molecule has 0 amide bonds. The molecule has 0 saturated carbocycles. The van der Waals surface area contributed by atoms with Gasteiger partial charge in [0.1, 0.15) is 0 Å². The average molecular weight is 288 g/mol. The number of aryl methyl sites for hydroxylation is 3. The predicted molar refractivity (Wildman–Crippen MR) is 91.9 cm³/mol. The summed E-state index contributed by atoms with van der Waals surface area (Å²) >= 11 is 0. The van der Waals surface area contributed by atoms with Gasteiger partial charge in [-0.2, -0.15) is 0 Å². The first kappa shape index (κ1) is 16.5. The third-order valence-corrected chi connectivity index (χ3v) is 4.68. The second kappa shape index (κ2) is 7.42. The Morgan fingerprint density at radius 2 is 1.90 bits per heavy atom. The highest BCUT2D eigenvalue weighted by Crippen LogP contribution is 2.26. The molecule has 1 aliphatic heterocycles. The highest BCUT2D eigenvalue weighted by atomic mass is 15.2. The zero-order chi connectivity index (χ0) is 15.4. The summed E-state index contributed by atoms with van der Waals surface area (Å²) in [5.41, 5.74) is 5.77. The second-order valence-corrected chi connectivity index (χ2v) is 6.97. The fourth-order valence-electron chi connectivity index (χ4n) is 3.77. The normalized spacial score (nSPS) is 20.9. The molecule has 0 radical (unpaired) electrons. The van der Waals surface area contributed by atoms with Crippen LogP contribution >= 0.6 is 0 Å². The lowest BCUT2D eigenvalue weighted by Gasteiger charge is -2.28. The summed E-state index contributed by atoms with van der Waals surface area (Å²) in [6.45, 7) is 16.1. The number of rotatable bonds is 6. The van der Waals surface area contributed by atoms with E-state index in [0.29, 0.717) is 6.04 Å². The predicted octanol–water partition coefficient (Wildman–Crippen LogP) is 3.99. The third kappa shape index (κ3) is 4.31. The van der Waals surface area contributed by atoms with Crippen LogP contribution in [0.25, 0.3) is 0 Å². The van der Waals surface area contributed by atoms with E-state index in [1.54, 1.807) is 0 Å². The molecule has 1 N–H and O–H groups in total. The lowest BCUT2D eigenvalue weighted by Crippen LogP contribution is -2.35. The molecular formula is C19H32N2. The Balaban J connectivity index is 2.19. The summed E-state index contributed by atoms with van der Waals surface area (Å²) in [6, 6.07) is 5.13. The van der Waals surface area contributed by atoms with Gasteiger partial charge < -0.3 is 10.2 Å². The molecule has 2 unspecified atom stereocenters. The van der Waals surface area contributed by atoms with Crippen molar-refractivity contribution >= 4 is 0 Å². The zero-order valence-corrected chi connectivity index (χ0v) is 14.5. The van der Waals surface area contributed by atoms with Crippen LogP contribution in [0.4, 0.5) is 0 Å². The minimum absolute atomic E-state index is 0.468. The maximum atomic E-state index is 3.79. The summed E-state index contributed by atoms with van der Waals surface area (Å²) in [5, 5.41) is 3.79. The fraction of sp³-hybridized carbons (Fsp3) is 0.684. The van der Waals surface area contributed by atoms with Crippen LogP contribution in [0.5, 0.6) is 0 Å². The Morgan fingerprint density at radius 3 is 2.43 bits per heavy atom. The molecule has 1 saturated heterocycles. The van der Waals surface area contributed by atoms with E-state index in [1.165, 1.54) is 48.2 Å². The van der Waals surface area contributed by atoms with Crippen molar-refractivity contribution in [1.82, 2.24) is 10.2 Å². The molecule has 1 aromatic carbocycles. The van der Waals surface area contributed by atoms with Crippen molar-refractivity contribution in [1.29, 1.82) is 0 Å². The Labute approximate surface area is 130 Å². The van der Waals surface area contributed by atoms with Crippen molar-refractivity contribution in [3.05, 3.63) is 34.4 Å². The topological polar surface area (TPSA) is 15.3 Å². The summed E-state index contributed by atoms with van der Waals surface area (Å²) in [4.78, 5) is 2.64. The van der Waals surface area contributed by atoms with Crippen molar-refractivity contribution in [3.8, 4) is 0 Å². The van der Waals surface area contributed by atoms with Gasteiger partial charge in [-0.1, -0.05) is 31.5 Å². The first-order chi connectivity index (χ1) is 10.0. The quantitative estimate of drug-likeness (QED) is 0.851. The molecule has 1 aliphatic rings. The van der Waals surface area contributed by atoms with Gasteiger partial charge >= 0.3 is 0 Å². The van der Waals surface area contributed by atoms with Crippen molar-refractivity contribution < 1.29 is 0 Å². The lowest BCUT2D eigenvalue weighted by molar-refractivity contribution is 0.284. The number of benzene rings is 1. The highest BCUT2D eigenvalue weighted by Gasteiger charge is 2.24. The van der Waals surface area contributed by atoms with Gasteiger partial charge in [0, 0.05) is 19.1 Å². The van der Waals surface area contributed by atoms with Gasteiger partial charge in [0.2, 0.25) is 0 Å². The Morgan fingerprint density at radius 1 is 1.24 bits per heavy atom. The van der Waals surface area contributed by atoms with E-state index in [-0.39, 0.29) is 0 Å². The van der Waals surface area contributed by atoms with Crippen LogP contribution < -0.4 is 5.32 Å². The Kier molecular flexibility index (Phi) is 5.83. The van der Waals surface area contributed by atoms with E-state index in [9.17, 15) is 0 Å². The standard InChI is InChI=1S/C19H32N2/c1-6-8-20-18(13-21-9-7-14(2)12-21)19-16(4)10-15(3)11-17(19)5/h10-11,14,18,20H,6-9,12-13H2,1-5H3. The van der Waals surface area contributed by atoms with E-state index in [4.69, 9.17) is 0 Å². The van der Waals surface area contributed by atoms with Crippen molar-refractivity contribution in [2.24, 2.45) is 5.92 Å². The Bertz CT molecular complexity index is 444. The van der Waals surface area contributed by atoms with Gasteiger partial charge in [0.05, 0.1) is 0 Å². The molecule has 21 heavy (non-hydrogen) atoms. The van der Waals surface area contributed by atoms with Gasteiger partial charge in [-0.25, -0.2) is 0 Å². The number of likely N-dealkylation sites (tertiary alicyclic amines) is 1. The van der Waals surface area contributed by atoms with Crippen molar-refractivity contribution in [2.45, 2.75) is 53.5 Å². The van der Waals surface area contributed by atoms with Crippen LogP contribution in [0.2, 0.25) is 0 Å². The monoisotopic (exact) mass is 288 g/mol. The molecular weight excluding hydrogens is 256 g/mol. The molecule has 1 aromatic rings. The van der Waals surface area contributed by atoms with Crippen LogP contribution in [0.3, 0.4) is 0 Å². The third-order valence-electron chi connectivity index (χ3n) is 4.68. The summed E-state index contributed by atoms with van der Waals surface area (Å²) in [5.74, 6) is 0.858. The van der Waals surface area contributed by atoms with Crippen LogP contribution in [-0.2, 0) is 0 Å². The molecule has 2 nitrogen and oxygen atoms in total. The first-order valence-corrected chi connectivity index (χ1v) is 8.54. The van der Waals surface area contributed by atoms with E-state index < -0.39 is 0 Å². The van der Waals surface area contributed by atoms with E-state index in [2.05, 4.69) is 57.0 Å². The maximum absolute atomic E-state index is 3.79. The van der Waals surface area contributed by atoms with Crippen LogP contribution in [-0.4, -0.2) is 31.1 Å². The summed E-state index contributed by atoms with van der Waals surface area (Å²) < 4.78 is 0. The van der Waals surface area contributed by atoms with Crippen LogP contribution in [0.1, 0.15) is 55.0 Å². The highest BCUT2D eigenvalue weighted by molar-refractivity contribution is 5.40. The van der Waals surface area contributed by atoms with Crippen LogP contribution in [0.15, 0.2) is 12.1 Å². The smallest absolute Gasteiger partial charge is 0.0454 e. The number of nitrogens with one attached hydrogen (secondary N) is 1. The van der Waals surface area contributed by atoms with E-state index in [0.717, 1.165) is 19.0 Å². The molecule has 2 atom stereocenters. The zero-order valence-electron chi connectivity index (χ0n) is 14.5.